The molecule has 1 saturated carbocycles. The highest BCUT2D eigenvalue weighted by atomic mass is 16.3. The number of hydrogen-bond donors (Lipinski definition) is 1. The van der Waals surface area contributed by atoms with E-state index in [1.165, 1.54) is 25.5 Å². The number of nitrogens with one attached hydrogen (secondary N) is 1. The molecule has 2 atom stereocenters. The molecule has 0 spiro atoms. The monoisotopic (exact) mass is 250 g/mol. The van der Waals surface area contributed by atoms with Crippen LogP contribution in [0.25, 0.3) is 0 Å². The highest BCUT2D eigenvalue weighted by Crippen LogP contribution is 2.25. The Hall–Kier alpha value is -1.29. The summed E-state index contributed by atoms with van der Waals surface area (Å²) in [6.45, 7) is 1.03. The van der Waals surface area contributed by atoms with Gasteiger partial charge in [-0.3, -0.25) is 4.79 Å². The summed E-state index contributed by atoms with van der Waals surface area (Å²) in [5.74, 6) is 0.868. The normalized spacial score (nSPS) is 24.2. The zero-order valence-electron chi connectivity index (χ0n) is 11.2. The molecule has 1 aromatic heterocycles. The van der Waals surface area contributed by atoms with Gasteiger partial charge in [0.2, 0.25) is 0 Å². The molecule has 1 aliphatic rings. The summed E-state index contributed by atoms with van der Waals surface area (Å²) in [4.78, 5) is 14.2. The van der Waals surface area contributed by atoms with Gasteiger partial charge in [0, 0.05) is 12.6 Å². The molecule has 4 heteroatoms. The SMILES string of the molecule is CN(C)CC1CCCCC1NC(=O)c1ccco1. The van der Waals surface area contributed by atoms with Crippen molar-refractivity contribution in [1.29, 1.82) is 0 Å². The van der Waals surface area contributed by atoms with Crippen molar-refractivity contribution < 1.29 is 9.21 Å². The third-order valence-electron chi connectivity index (χ3n) is 3.57. The van der Waals surface area contributed by atoms with Crippen molar-refractivity contribution in [3.8, 4) is 0 Å². The smallest absolute Gasteiger partial charge is 0.287 e. The molecule has 100 valence electrons. The van der Waals surface area contributed by atoms with Crippen LogP contribution in [0, 0.1) is 5.92 Å². The minimum Gasteiger partial charge on any atom is -0.459 e. The second kappa shape index (κ2) is 6.05. The highest BCUT2D eigenvalue weighted by molar-refractivity contribution is 5.91. The van der Waals surface area contributed by atoms with E-state index in [1.807, 2.05) is 0 Å². The van der Waals surface area contributed by atoms with Crippen LogP contribution in [0.4, 0.5) is 0 Å². The van der Waals surface area contributed by atoms with E-state index in [2.05, 4.69) is 24.3 Å². The molecule has 2 rings (SSSR count). The van der Waals surface area contributed by atoms with E-state index in [1.54, 1.807) is 12.1 Å². The number of nitrogens with zero attached hydrogens (tertiary/aromatic N) is 1. The molecule has 0 aromatic carbocycles. The first-order valence-electron chi connectivity index (χ1n) is 6.66. The molecule has 0 aliphatic heterocycles. The van der Waals surface area contributed by atoms with E-state index < -0.39 is 0 Å². The van der Waals surface area contributed by atoms with Crippen molar-refractivity contribution in [2.75, 3.05) is 20.6 Å². The fourth-order valence-corrected chi connectivity index (χ4v) is 2.73. The van der Waals surface area contributed by atoms with Gasteiger partial charge in [0.25, 0.3) is 5.91 Å². The molecule has 4 nitrogen and oxygen atoms in total. The molecule has 2 unspecified atom stereocenters. The first-order valence-corrected chi connectivity index (χ1v) is 6.66. The van der Waals surface area contributed by atoms with Gasteiger partial charge in [0.05, 0.1) is 6.26 Å². The molecule has 1 fully saturated rings. The quantitative estimate of drug-likeness (QED) is 0.890. The van der Waals surface area contributed by atoms with Crippen LogP contribution in [-0.2, 0) is 0 Å². The number of carbonyl (C=O) groups excluding carboxylic acids is 1. The predicted octanol–water partition coefficient (Wildman–Crippen LogP) is 2.13. The first kappa shape index (κ1) is 13.1. The van der Waals surface area contributed by atoms with E-state index in [0.29, 0.717) is 11.7 Å². The van der Waals surface area contributed by atoms with Crippen molar-refractivity contribution in [1.82, 2.24) is 10.2 Å². The van der Waals surface area contributed by atoms with Crippen LogP contribution in [-0.4, -0.2) is 37.5 Å². The van der Waals surface area contributed by atoms with Crippen molar-refractivity contribution in [3.63, 3.8) is 0 Å². The summed E-state index contributed by atoms with van der Waals surface area (Å²) in [6, 6.07) is 3.73. The third-order valence-corrected chi connectivity index (χ3v) is 3.57. The van der Waals surface area contributed by atoms with Gasteiger partial charge in [-0.15, -0.1) is 0 Å². The predicted molar refractivity (Wildman–Crippen MR) is 70.5 cm³/mol. The maximum Gasteiger partial charge on any atom is 0.287 e. The number of rotatable bonds is 4. The zero-order valence-corrected chi connectivity index (χ0v) is 11.2. The zero-order chi connectivity index (χ0) is 13.0. The molecule has 1 aliphatic carbocycles. The maximum atomic E-state index is 12.0. The van der Waals surface area contributed by atoms with Gasteiger partial charge >= 0.3 is 0 Å². The first-order chi connectivity index (χ1) is 8.66. The molecule has 0 radical (unpaired) electrons. The minimum atomic E-state index is -0.0874. The molecule has 1 heterocycles. The number of amides is 1. The molecule has 1 aromatic rings. The van der Waals surface area contributed by atoms with Crippen LogP contribution in [0.5, 0.6) is 0 Å². The molecule has 1 N–H and O–H groups in total. The van der Waals surface area contributed by atoms with Gasteiger partial charge in [0.1, 0.15) is 0 Å². The summed E-state index contributed by atoms with van der Waals surface area (Å²) in [5, 5.41) is 3.12. The van der Waals surface area contributed by atoms with E-state index in [4.69, 9.17) is 4.42 Å². The van der Waals surface area contributed by atoms with Crippen molar-refractivity contribution in [3.05, 3.63) is 24.2 Å². The molecular weight excluding hydrogens is 228 g/mol. The topological polar surface area (TPSA) is 45.5 Å². The largest absolute Gasteiger partial charge is 0.459 e. The standard InChI is InChI=1S/C14H22N2O2/c1-16(2)10-11-6-3-4-7-12(11)15-14(17)13-8-5-9-18-13/h5,8-9,11-12H,3-4,6-7,10H2,1-2H3,(H,15,17). The lowest BCUT2D eigenvalue weighted by molar-refractivity contribution is 0.0867. The van der Waals surface area contributed by atoms with E-state index in [9.17, 15) is 4.79 Å². The lowest BCUT2D eigenvalue weighted by Gasteiger charge is -2.33. The van der Waals surface area contributed by atoms with Crippen LogP contribution in [0.15, 0.2) is 22.8 Å². The molecule has 18 heavy (non-hydrogen) atoms. The van der Waals surface area contributed by atoms with Gasteiger partial charge in [0.15, 0.2) is 5.76 Å². The van der Waals surface area contributed by atoms with Gasteiger partial charge in [-0.05, 0) is 45.0 Å². The van der Waals surface area contributed by atoms with Crippen LogP contribution < -0.4 is 5.32 Å². The van der Waals surface area contributed by atoms with Crippen LogP contribution in [0.2, 0.25) is 0 Å². The van der Waals surface area contributed by atoms with Crippen LogP contribution >= 0.6 is 0 Å². The van der Waals surface area contributed by atoms with Crippen molar-refractivity contribution >= 4 is 5.91 Å². The summed E-state index contributed by atoms with van der Waals surface area (Å²) < 4.78 is 5.13. The Labute approximate surface area is 108 Å². The summed E-state index contributed by atoms with van der Waals surface area (Å²) in [6.07, 6.45) is 6.28. The number of carbonyl (C=O) groups is 1. The second-order valence-electron chi connectivity index (χ2n) is 5.36. The van der Waals surface area contributed by atoms with Crippen LogP contribution in [0.1, 0.15) is 36.2 Å². The third kappa shape index (κ3) is 3.35. The molecule has 0 bridgehead atoms. The number of furan rings is 1. The van der Waals surface area contributed by atoms with E-state index in [0.717, 1.165) is 13.0 Å². The van der Waals surface area contributed by atoms with E-state index >= 15 is 0 Å². The van der Waals surface area contributed by atoms with E-state index in [-0.39, 0.29) is 11.9 Å². The van der Waals surface area contributed by atoms with Gasteiger partial charge < -0.3 is 14.6 Å². The average molecular weight is 250 g/mol. The average Bonchev–Trinajstić information content (AvgIpc) is 2.84. The Morgan fingerprint density at radius 1 is 1.44 bits per heavy atom. The molecule has 0 saturated heterocycles. The fourth-order valence-electron chi connectivity index (χ4n) is 2.73. The lowest BCUT2D eigenvalue weighted by Crippen LogP contribution is -2.45. The summed E-state index contributed by atoms with van der Waals surface area (Å²) >= 11 is 0. The fraction of sp³-hybridized carbons (Fsp3) is 0.643. The highest BCUT2D eigenvalue weighted by Gasteiger charge is 2.27. The Balaban J connectivity index is 1.95. The van der Waals surface area contributed by atoms with Gasteiger partial charge in [-0.1, -0.05) is 12.8 Å². The Bertz CT molecular complexity index is 373. The van der Waals surface area contributed by atoms with Gasteiger partial charge in [-0.2, -0.15) is 0 Å². The number of hydrogen-bond acceptors (Lipinski definition) is 3. The van der Waals surface area contributed by atoms with Gasteiger partial charge in [-0.25, -0.2) is 0 Å². The Morgan fingerprint density at radius 3 is 2.89 bits per heavy atom. The summed E-state index contributed by atoms with van der Waals surface area (Å²) in [5.41, 5.74) is 0. The molecular formula is C14H22N2O2. The minimum absolute atomic E-state index is 0.0874. The summed E-state index contributed by atoms with van der Waals surface area (Å²) in [7, 11) is 4.17. The van der Waals surface area contributed by atoms with Crippen molar-refractivity contribution in [2.45, 2.75) is 31.7 Å². The Kier molecular flexibility index (Phi) is 4.42. The lowest BCUT2D eigenvalue weighted by atomic mass is 9.84. The Morgan fingerprint density at radius 2 is 2.22 bits per heavy atom. The van der Waals surface area contributed by atoms with Crippen molar-refractivity contribution in [2.24, 2.45) is 5.92 Å². The molecule has 1 amide bonds. The second-order valence-corrected chi connectivity index (χ2v) is 5.36. The van der Waals surface area contributed by atoms with Crippen LogP contribution in [0.3, 0.4) is 0 Å². The maximum absolute atomic E-state index is 12.0.